The molecule has 16 heavy (non-hydrogen) atoms. The zero-order valence-electron chi connectivity index (χ0n) is 10.1. The first-order chi connectivity index (χ1) is 7.79. The molecule has 0 aliphatic heterocycles. The Morgan fingerprint density at radius 3 is 2.75 bits per heavy atom. The molecule has 1 aromatic heterocycles. The topological polar surface area (TPSA) is 37.8 Å². The van der Waals surface area contributed by atoms with Crippen molar-refractivity contribution in [1.29, 1.82) is 0 Å². The molecule has 0 amide bonds. The highest BCUT2D eigenvalue weighted by Gasteiger charge is 2.25. The fraction of sp³-hybridized carbons (Fsp3) is 0.692. The lowest BCUT2D eigenvalue weighted by Crippen LogP contribution is -2.33. The van der Waals surface area contributed by atoms with E-state index >= 15 is 0 Å². The van der Waals surface area contributed by atoms with Gasteiger partial charge in [-0.15, -0.1) is 0 Å². The van der Waals surface area contributed by atoms with Gasteiger partial charge in [0.1, 0.15) is 0 Å². The molecular formula is C13H21N3. The number of nitrogens with one attached hydrogen (secondary N) is 1. The molecule has 1 fully saturated rings. The molecule has 1 N–H and O–H groups in total. The van der Waals surface area contributed by atoms with E-state index in [9.17, 15) is 0 Å². The van der Waals surface area contributed by atoms with Crippen LogP contribution in [-0.4, -0.2) is 16.5 Å². The van der Waals surface area contributed by atoms with Crippen molar-refractivity contribution in [3.63, 3.8) is 0 Å². The van der Waals surface area contributed by atoms with E-state index in [0.717, 1.165) is 18.8 Å². The third kappa shape index (κ3) is 3.27. The van der Waals surface area contributed by atoms with Gasteiger partial charge in [-0.2, -0.15) is 0 Å². The van der Waals surface area contributed by atoms with Crippen LogP contribution in [0.5, 0.6) is 0 Å². The lowest BCUT2D eigenvalue weighted by molar-refractivity contribution is 0.207. The minimum atomic E-state index is 0.500. The fourth-order valence-electron chi connectivity index (χ4n) is 2.50. The molecule has 2 rings (SSSR count). The van der Waals surface area contributed by atoms with E-state index in [1.54, 1.807) is 12.4 Å². The third-order valence-corrected chi connectivity index (χ3v) is 3.54. The highest BCUT2D eigenvalue weighted by Crippen LogP contribution is 2.34. The fourth-order valence-corrected chi connectivity index (χ4v) is 2.50. The van der Waals surface area contributed by atoms with E-state index in [1.165, 1.54) is 32.1 Å². The minimum absolute atomic E-state index is 0.500. The van der Waals surface area contributed by atoms with Crippen LogP contribution < -0.4 is 5.32 Å². The van der Waals surface area contributed by atoms with Crippen LogP contribution in [0.3, 0.4) is 0 Å². The van der Waals surface area contributed by atoms with Gasteiger partial charge in [-0.1, -0.05) is 26.2 Å². The van der Waals surface area contributed by atoms with Crippen LogP contribution in [-0.2, 0) is 6.54 Å². The first kappa shape index (κ1) is 11.5. The lowest BCUT2D eigenvalue weighted by atomic mass is 9.76. The van der Waals surface area contributed by atoms with Crippen molar-refractivity contribution in [3.05, 3.63) is 24.3 Å². The Hall–Kier alpha value is -0.960. The summed E-state index contributed by atoms with van der Waals surface area (Å²) in [7, 11) is 0. The number of rotatable bonds is 4. The van der Waals surface area contributed by atoms with Gasteiger partial charge in [0.05, 0.1) is 5.69 Å². The van der Waals surface area contributed by atoms with Crippen LogP contribution >= 0.6 is 0 Å². The first-order valence-corrected chi connectivity index (χ1v) is 6.24. The van der Waals surface area contributed by atoms with Crippen LogP contribution in [0, 0.1) is 5.41 Å². The van der Waals surface area contributed by atoms with Gasteiger partial charge in [-0.3, -0.25) is 9.97 Å². The molecule has 0 saturated heterocycles. The van der Waals surface area contributed by atoms with Gasteiger partial charge in [-0.25, -0.2) is 0 Å². The van der Waals surface area contributed by atoms with Crippen molar-refractivity contribution >= 4 is 0 Å². The van der Waals surface area contributed by atoms with Gasteiger partial charge in [-0.05, 0) is 18.3 Å². The average molecular weight is 219 g/mol. The molecule has 0 atom stereocenters. The molecule has 3 heteroatoms. The number of nitrogens with zero attached hydrogens (tertiary/aromatic N) is 2. The summed E-state index contributed by atoms with van der Waals surface area (Å²) in [5, 5.41) is 3.51. The molecule has 0 aromatic carbocycles. The van der Waals surface area contributed by atoms with Crippen LogP contribution in [0.2, 0.25) is 0 Å². The van der Waals surface area contributed by atoms with Gasteiger partial charge in [0.2, 0.25) is 0 Å². The molecule has 1 saturated carbocycles. The Morgan fingerprint density at radius 2 is 2.06 bits per heavy atom. The van der Waals surface area contributed by atoms with E-state index in [4.69, 9.17) is 0 Å². The van der Waals surface area contributed by atoms with Crippen LogP contribution in [0.25, 0.3) is 0 Å². The van der Waals surface area contributed by atoms with Crippen LogP contribution in [0.15, 0.2) is 18.6 Å². The van der Waals surface area contributed by atoms with E-state index in [-0.39, 0.29) is 0 Å². The summed E-state index contributed by atoms with van der Waals surface area (Å²) in [6.07, 6.45) is 12.2. The predicted octanol–water partition coefficient (Wildman–Crippen LogP) is 2.54. The second kappa shape index (κ2) is 5.39. The Bertz CT molecular complexity index is 304. The van der Waals surface area contributed by atoms with E-state index < -0.39 is 0 Å². The third-order valence-electron chi connectivity index (χ3n) is 3.54. The van der Waals surface area contributed by atoms with Crippen molar-refractivity contribution in [3.8, 4) is 0 Å². The number of aromatic nitrogens is 2. The quantitative estimate of drug-likeness (QED) is 0.845. The Balaban J connectivity index is 1.75. The largest absolute Gasteiger partial charge is 0.311 e. The Labute approximate surface area is 97.7 Å². The highest BCUT2D eigenvalue weighted by atomic mass is 14.9. The molecule has 88 valence electrons. The molecule has 0 unspecified atom stereocenters. The summed E-state index contributed by atoms with van der Waals surface area (Å²) in [6.45, 7) is 4.34. The van der Waals surface area contributed by atoms with Crippen molar-refractivity contribution < 1.29 is 0 Å². The Morgan fingerprint density at radius 1 is 1.25 bits per heavy atom. The van der Waals surface area contributed by atoms with Crippen LogP contribution in [0.4, 0.5) is 0 Å². The maximum Gasteiger partial charge on any atom is 0.0724 e. The summed E-state index contributed by atoms with van der Waals surface area (Å²) in [5.74, 6) is 0. The molecule has 1 heterocycles. The maximum atomic E-state index is 4.26. The monoisotopic (exact) mass is 219 g/mol. The molecule has 1 aliphatic carbocycles. The molecule has 3 nitrogen and oxygen atoms in total. The van der Waals surface area contributed by atoms with E-state index in [0.29, 0.717) is 5.41 Å². The maximum absolute atomic E-state index is 4.26. The van der Waals surface area contributed by atoms with Gasteiger partial charge in [0.25, 0.3) is 0 Å². The Kier molecular flexibility index (Phi) is 3.88. The lowest BCUT2D eigenvalue weighted by Gasteiger charge is -2.33. The molecule has 1 aliphatic rings. The number of hydrogen-bond acceptors (Lipinski definition) is 3. The predicted molar refractivity (Wildman–Crippen MR) is 64.9 cm³/mol. The molecular weight excluding hydrogens is 198 g/mol. The van der Waals surface area contributed by atoms with Crippen molar-refractivity contribution in [2.24, 2.45) is 5.41 Å². The van der Waals surface area contributed by atoms with Crippen molar-refractivity contribution in [2.75, 3.05) is 6.54 Å². The molecule has 1 aromatic rings. The standard InChI is InChI=1S/C13H21N3/c1-13(5-3-2-4-6-13)11-15-10-12-9-14-7-8-16-12/h7-9,15H,2-6,10-11H2,1H3. The SMILES string of the molecule is CC1(CNCc2cnccn2)CCCCC1. The minimum Gasteiger partial charge on any atom is -0.311 e. The summed E-state index contributed by atoms with van der Waals surface area (Å²) < 4.78 is 0. The van der Waals surface area contributed by atoms with Gasteiger partial charge in [0, 0.05) is 31.7 Å². The highest BCUT2D eigenvalue weighted by molar-refractivity contribution is 4.94. The summed E-state index contributed by atoms with van der Waals surface area (Å²) in [4.78, 5) is 8.32. The van der Waals surface area contributed by atoms with E-state index in [2.05, 4.69) is 22.2 Å². The van der Waals surface area contributed by atoms with Crippen molar-refractivity contribution in [1.82, 2.24) is 15.3 Å². The van der Waals surface area contributed by atoms with E-state index in [1.807, 2.05) is 6.20 Å². The molecule has 0 radical (unpaired) electrons. The second-order valence-corrected chi connectivity index (χ2v) is 5.17. The normalized spacial score (nSPS) is 19.6. The summed E-state index contributed by atoms with van der Waals surface area (Å²) >= 11 is 0. The van der Waals surface area contributed by atoms with Crippen molar-refractivity contribution in [2.45, 2.75) is 45.6 Å². The zero-order chi connectivity index (χ0) is 11.3. The summed E-state index contributed by atoms with van der Waals surface area (Å²) in [6, 6.07) is 0. The smallest absolute Gasteiger partial charge is 0.0724 e. The number of hydrogen-bond donors (Lipinski definition) is 1. The van der Waals surface area contributed by atoms with Gasteiger partial charge < -0.3 is 5.32 Å². The zero-order valence-corrected chi connectivity index (χ0v) is 10.1. The average Bonchev–Trinajstić information content (AvgIpc) is 2.31. The first-order valence-electron chi connectivity index (χ1n) is 6.24. The van der Waals surface area contributed by atoms with Gasteiger partial charge in [0.15, 0.2) is 0 Å². The second-order valence-electron chi connectivity index (χ2n) is 5.17. The van der Waals surface area contributed by atoms with Gasteiger partial charge >= 0.3 is 0 Å². The van der Waals surface area contributed by atoms with Crippen LogP contribution in [0.1, 0.15) is 44.7 Å². The molecule has 0 spiro atoms. The molecule has 0 bridgehead atoms. The summed E-state index contributed by atoms with van der Waals surface area (Å²) in [5.41, 5.74) is 1.53.